The SMILES string of the molecule is CNC1=CCCC1(NC)NC. The van der Waals surface area contributed by atoms with Gasteiger partial charge in [-0.1, -0.05) is 6.08 Å². The molecule has 3 heteroatoms. The van der Waals surface area contributed by atoms with E-state index in [0.29, 0.717) is 0 Å². The van der Waals surface area contributed by atoms with Gasteiger partial charge in [0.1, 0.15) is 5.66 Å². The Bertz CT molecular complexity index is 159. The highest BCUT2D eigenvalue weighted by molar-refractivity contribution is 5.22. The number of hydrogen-bond acceptors (Lipinski definition) is 3. The molecule has 64 valence electrons. The first-order chi connectivity index (χ1) is 5.29. The van der Waals surface area contributed by atoms with E-state index in [2.05, 4.69) is 22.0 Å². The predicted octanol–water partition coefficient (Wildman–Crippen LogP) is 0.0186. The fraction of sp³-hybridized carbons (Fsp3) is 0.750. The van der Waals surface area contributed by atoms with Crippen molar-refractivity contribution in [1.82, 2.24) is 16.0 Å². The summed E-state index contributed by atoms with van der Waals surface area (Å²) in [5, 5.41) is 9.77. The molecular weight excluding hydrogens is 138 g/mol. The normalized spacial score (nSPS) is 21.5. The fourth-order valence-corrected chi connectivity index (χ4v) is 1.70. The van der Waals surface area contributed by atoms with Crippen LogP contribution in [-0.2, 0) is 0 Å². The van der Waals surface area contributed by atoms with Crippen LogP contribution < -0.4 is 16.0 Å². The van der Waals surface area contributed by atoms with Crippen molar-refractivity contribution < 1.29 is 0 Å². The average molecular weight is 155 g/mol. The second-order valence-electron chi connectivity index (χ2n) is 2.81. The van der Waals surface area contributed by atoms with E-state index in [0.717, 1.165) is 12.8 Å². The lowest BCUT2D eigenvalue weighted by atomic mass is 10.1. The van der Waals surface area contributed by atoms with Crippen LogP contribution in [0.5, 0.6) is 0 Å². The molecule has 0 saturated heterocycles. The van der Waals surface area contributed by atoms with Crippen molar-refractivity contribution in [1.29, 1.82) is 0 Å². The van der Waals surface area contributed by atoms with Crippen LogP contribution in [0.1, 0.15) is 12.8 Å². The Kier molecular flexibility index (Phi) is 2.52. The third-order valence-electron chi connectivity index (χ3n) is 2.45. The zero-order chi connectivity index (χ0) is 8.32. The second kappa shape index (κ2) is 3.24. The minimum absolute atomic E-state index is 0.00521. The highest BCUT2D eigenvalue weighted by Crippen LogP contribution is 2.24. The van der Waals surface area contributed by atoms with Crippen LogP contribution in [0.25, 0.3) is 0 Å². The molecule has 1 aliphatic rings. The Morgan fingerprint density at radius 2 is 1.91 bits per heavy atom. The van der Waals surface area contributed by atoms with Crippen LogP contribution in [0.15, 0.2) is 11.8 Å². The first kappa shape index (κ1) is 8.56. The summed E-state index contributed by atoms with van der Waals surface area (Å²) in [7, 11) is 5.92. The molecule has 11 heavy (non-hydrogen) atoms. The maximum Gasteiger partial charge on any atom is 0.109 e. The lowest BCUT2D eigenvalue weighted by Crippen LogP contribution is -2.56. The van der Waals surface area contributed by atoms with E-state index in [9.17, 15) is 0 Å². The minimum Gasteiger partial charge on any atom is -0.389 e. The third-order valence-corrected chi connectivity index (χ3v) is 2.45. The number of likely N-dealkylation sites (N-methyl/N-ethyl adjacent to an activating group) is 3. The molecule has 1 aliphatic carbocycles. The van der Waals surface area contributed by atoms with Gasteiger partial charge in [-0.05, 0) is 26.9 Å². The van der Waals surface area contributed by atoms with Gasteiger partial charge in [0.15, 0.2) is 0 Å². The lowest BCUT2D eigenvalue weighted by molar-refractivity contribution is 0.337. The molecule has 3 nitrogen and oxygen atoms in total. The molecule has 0 unspecified atom stereocenters. The first-order valence-corrected chi connectivity index (χ1v) is 4.05. The van der Waals surface area contributed by atoms with Gasteiger partial charge in [-0.2, -0.15) is 0 Å². The van der Waals surface area contributed by atoms with Gasteiger partial charge in [-0.15, -0.1) is 0 Å². The molecular formula is C8H17N3. The Balaban J connectivity index is 2.75. The van der Waals surface area contributed by atoms with E-state index < -0.39 is 0 Å². The topological polar surface area (TPSA) is 36.1 Å². The Hall–Kier alpha value is -0.540. The van der Waals surface area contributed by atoms with Gasteiger partial charge in [-0.3, -0.25) is 10.6 Å². The Morgan fingerprint density at radius 1 is 1.27 bits per heavy atom. The third kappa shape index (κ3) is 1.26. The number of rotatable bonds is 3. The van der Waals surface area contributed by atoms with Gasteiger partial charge in [0, 0.05) is 12.7 Å². The monoisotopic (exact) mass is 155 g/mol. The first-order valence-electron chi connectivity index (χ1n) is 4.05. The van der Waals surface area contributed by atoms with Gasteiger partial charge in [0.25, 0.3) is 0 Å². The maximum atomic E-state index is 3.29. The second-order valence-corrected chi connectivity index (χ2v) is 2.81. The molecule has 0 aliphatic heterocycles. The molecule has 1 rings (SSSR count). The summed E-state index contributed by atoms with van der Waals surface area (Å²) in [5.41, 5.74) is 1.25. The molecule has 0 aromatic carbocycles. The molecule has 0 bridgehead atoms. The Morgan fingerprint density at radius 3 is 2.27 bits per heavy atom. The van der Waals surface area contributed by atoms with Crippen molar-refractivity contribution in [3.05, 3.63) is 11.8 Å². The fourth-order valence-electron chi connectivity index (χ4n) is 1.70. The van der Waals surface area contributed by atoms with Gasteiger partial charge in [0.05, 0.1) is 0 Å². The Labute approximate surface area is 68.2 Å². The van der Waals surface area contributed by atoms with Crippen molar-refractivity contribution in [3.8, 4) is 0 Å². The number of nitrogens with one attached hydrogen (secondary N) is 3. The molecule has 3 N–H and O–H groups in total. The quantitative estimate of drug-likeness (QED) is 0.503. The van der Waals surface area contributed by atoms with Gasteiger partial charge in [0.2, 0.25) is 0 Å². The summed E-state index contributed by atoms with van der Waals surface area (Å²) in [6.07, 6.45) is 4.49. The van der Waals surface area contributed by atoms with E-state index in [1.807, 2.05) is 21.1 Å². The smallest absolute Gasteiger partial charge is 0.109 e. The summed E-state index contributed by atoms with van der Waals surface area (Å²) in [6, 6.07) is 0. The summed E-state index contributed by atoms with van der Waals surface area (Å²) in [6.45, 7) is 0. The molecule has 0 saturated carbocycles. The van der Waals surface area contributed by atoms with Gasteiger partial charge >= 0.3 is 0 Å². The van der Waals surface area contributed by atoms with E-state index in [1.165, 1.54) is 5.70 Å². The zero-order valence-corrected chi connectivity index (χ0v) is 7.49. The van der Waals surface area contributed by atoms with Crippen molar-refractivity contribution in [2.75, 3.05) is 21.1 Å². The highest BCUT2D eigenvalue weighted by Gasteiger charge is 2.33. The average Bonchev–Trinajstić information content (AvgIpc) is 2.47. The summed E-state index contributed by atoms with van der Waals surface area (Å²) >= 11 is 0. The molecule has 0 spiro atoms. The molecule has 0 aromatic rings. The highest BCUT2D eigenvalue weighted by atomic mass is 15.2. The molecule has 0 heterocycles. The molecule has 0 radical (unpaired) electrons. The van der Waals surface area contributed by atoms with Crippen LogP contribution in [0.4, 0.5) is 0 Å². The standard InChI is InChI=1S/C8H17N3/c1-9-7-5-4-6-8(7,10-2)11-3/h5,9-11H,4,6H2,1-3H3. The van der Waals surface area contributed by atoms with Crippen molar-refractivity contribution in [3.63, 3.8) is 0 Å². The van der Waals surface area contributed by atoms with E-state index in [1.54, 1.807) is 0 Å². The van der Waals surface area contributed by atoms with Crippen LogP contribution in [0, 0.1) is 0 Å². The zero-order valence-electron chi connectivity index (χ0n) is 7.49. The van der Waals surface area contributed by atoms with Crippen LogP contribution in [-0.4, -0.2) is 26.8 Å². The number of allylic oxidation sites excluding steroid dienone is 1. The van der Waals surface area contributed by atoms with Crippen molar-refractivity contribution in [2.24, 2.45) is 0 Å². The van der Waals surface area contributed by atoms with Crippen LogP contribution >= 0.6 is 0 Å². The largest absolute Gasteiger partial charge is 0.389 e. The van der Waals surface area contributed by atoms with E-state index >= 15 is 0 Å². The predicted molar refractivity (Wildman–Crippen MR) is 47.2 cm³/mol. The molecule has 0 fully saturated rings. The van der Waals surface area contributed by atoms with Crippen LogP contribution in [0.3, 0.4) is 0 Å². The number of hydrogen-bond donors (Lipinski definition) is 3. The molecule has 0 aromatic heterocycles. The molecule has 0 amide bonds. The summed E-state index contributed by atoms with van der Waals surface area (Å²) in [4.78, 5) is 0. The molecule has 0 atom stereocenters. The van der Waals surface area contributed by atoms with Gasteiger partial charge < -0.3 is 5.32 Å². The van der Waals surface area contributed by atoms with Gasteiger partial charge in [-0.25, -0.2) is 0 Å². The minimum atomic E-state index is -0.00521. The summed E-state index contributed by atoms with van der Waals surface area (Å²) in [5.74, 6) is 0. The van der Waals surface area contributed by atoms with E-state index in [-0.39, 0.29) is 5.66 Å². The lowest BCUT2D eigenvalue weighted by Gasteiger charge is -2.31. The van der Waals surface area contributed by atoms with Crippen LogP contribution in [0.2, 0.25) is 0 Å². The van der Waals surface area contributed by atoms with Crippen molar-refractivity contribution >= 4 is 0 Å². The van der Waals surface area contributed by atoms with Crippen molar-refractivity contribution in [2.45, 2.75) is 18.5 Å². The maximum absolute atomic E-state index is 3.29. The summed E-state index contributed by atoms with van der Waals surface area (Å²) < 4.78 is 0. The van der Waals surface area contributed by atoms with E-state index in [4.69, 9.17) is 0 Å².